The summed E-state index contributed by atoms with van der Waals surface area (Å²) in [5, 5.41) is 0. The molecule has 0 bridgehead atoms. The fourth-order valence-corrected chi connectivity index (χ4v) is 2.47. The Bertz CT molecular complexity index is 704. The van der Waals surface area contributed by atoms with Crippen molar-refractivity contribution >= 4 is 22.6 Å². The normalized spacial score (nSPS) is 11.1. The second-order valence-corrected chi connectivity index (χ2v) is 4.92. The lowest BCUT2D eigenvalue weighted by Gasteiger charge is -2.07. The van der Waals surface area contributed by atoms with E-state index in [1.807, 2.05) is 24.3 Å². The summed E-state index contributed by atoms with van der Waals surface area (Å²) in [7, 11) is 1.66. The van der Waals surface area contributed by atoms with Gasteiger partial charge < -0.3 is 13.7 Å². The lowest BCUT2D eigenvalue weighted by atomic mass is 10.2. The second-order valence-electron chi connectivity index (χ2n) is 4.54. The molecule has 0 saturated carbocycles. The first-order valence-electron chi connectivity index (χ1n) is 6.42. The molecule has 0 N–H and O–H groups in total. The summed E-state index contributed by atoms with van der Waals surface area (Å²) in [4.78, 5) is 4.66. The van der Waals surface area contributed by atoms with E-state index in [9.17, 15) is 0 Å². The molecule has 3 rings (SSSR count). The third kappa shape index (κ3) is 2.39. The highest BCUT2D eigenvalue weighted by Crippen LogP contribution is 2.23. The molecule has 0 unspecified atom stereocenters. The maximum atomic E-state index is 5.88. The van der Waals surface area contributed by atoms with Crippen LogP contribution >= 0.6 is 11.6 Å². The summed E-state index contributed by atoms with van der Waals surface area (Å²) in [5.41, 5.74) is 3.11. The zero-order valence-electron chi connectivity index (χ0n) is 11.2. The molecule has 0 atom stereocenters. The summed E-state index contributed by atoms with van der Waals surface area (Å²) in [6.07, 6.45) is 4.16. The average Bonchev–Trinajstić information content (AvgIpc) is 3.08. The van der Waals surface area contributed by atoms with Crippen molar-refractivity contribution in [3.8, 4) is 5.75 Å². The van der Waals surface area contributed by atoms with E-state index in [-0.39, 0.29) is 0 Å². The molecule has 104 valence electrons. The monoisotopic (exact) mass is 290 g/mol. The Morgan fingerprint density at radius 1 is 1.35 bits per heavy atom. The first-order valence-corrected chi connectivity index (χ1v) is 6.95. The zero-order valence-corrected chi connectivity index (χ0v) is 11.9. The molecule has 0 fully saturated rings. The Hall–Kier alpha value is -1.94. The lowest BCUT2D eigenvalue weighted by molar-refractivity contribution is 0.415. The summed E-state index contributed by atoms with van der Waals surface area (Å²) in [6, 6.07) is 7.87. The van der Waals surface area contributed by atoms with Crippen LogP contribution in [0.1, 0.15) is 11.4 Å². The number of rotatable bonds is 5. The van der Waals surface area contributed by atoms with Crippen LogP contribution < -0.4 is 4.74 Å². The first kappa shape index (κ1) is 13.1. The van der Waals surface area contributed by atoms with Gasteiger partial charge in [0.2, 0.25) is 0 Å². The maximum Gasteiger partial charge on any atom is 0.121 e. The van der Waals surface area contributed by atoms with Gasteiger partial charge in [-0.2, -0.15) is 0 Å². The number of hydrogen-bond acceptors (Lipinski definition) is 3. The quantitative estimate of drug-likeness (QED) is 0.676. The number of nitrogens with zero attached hydrogens (tertiary/aromatic N) is 2. The van der Waals surface area contributed by atoms with Gasteiger partial charge in [0.05, 0.1) is 37.2 Å². The third-order valence-corrected chi connectivity index (χ3v) is 3.46. The summed E-state index contributed by atoms with van der Waals surface area (Å²) >= 11 is 5.88. The number of aryl methyl sites for hydroxylation is 1. The van der Waals surface area contributed by atoms with Crippen molar-refractivity contribution in [2.24, 2.45) is 0 Å². The van der Waals surface area contributed by atoms with Crippen LogP contribution in [0.3, 0.4) is 0 Å². The van der Waals surface area contributed by atoms with Gasteiger partial charge in [-0.1, -0.05) is 0 Å². The molecule has 2 aromatic heterocycles. The SMILES string of the molecule is COc1ccc2c(c1)nc(CCCl)n2Cc1ccoc1. The number of alkyl halides is 1. The topological polar surface area (TPSA) is 40.2 Å². The number of imidazole rings is 1. The van der Waals surface area contributed by atoms with Crippen LogP contribution in [0.2, 0.25) is 0 Å². The number of hydrogen-bond donors (Lipinski definition) is 0. The van der Waals surface area contributed by atoms with Crippen molar-refractivity contribution in [2.45, 2.75) is 13.0 Å². The van der Waals surface area contributed by atoms with Crippen LogP contribution in [0.15, 0.2) is 41.2 Å². The molecule has 0 aliphatic heterocycles. The number of halogens is 1. The third-order valence-electron chi connectivity index (χ3n) is 3.27. The van der Waals surface area contributed by atoms with Crippen molar-refractivity contribution in [1.82, 2.24) is 9.55 Å². The van der Waals surface area contributed by atoms with Gasteiger partial charge in [-0.15, -0.1) is 11.6 Å². The summed E-state index contributed by atoms with van der Waals surface area (Å²) in [6.45, 7) is 0.728. The largest absolute Gasteiger partial charge is 0.497 e. The fraction of sp³-hybridized carbons (Fsp3) is 0.267. The number of aromatic nitrogens is 2. The molecular formula is C15H15ClN2O2. The van der Waals surface area contributed by atoms with E-state index >= 15 is 0 Å². The minimum Gasteiger partial charge on any atom is -0.497 e. The highest BCUT2D eigenvalue weighted by molar-refractivity contribution is 6.17. The summed E-state index contributed by atoms with van der Waals surface area (Å²) < 4.78 is 12.5. The highest BCUT2D eigenvalue weighted by atomic mass is 35.5. The second kappa shape index (κ2) is 5.59. The minimum absolute atomic E-state index is 0.547. The van der Waals surface area contributed by atoms with Crippen molar-refractivity contribution in [1.29, 1.82) is 0 Å². The van der Waals surface area contributed by atoms with E-state index in [0.717, 1.165) is 41.1 Å². The summed E-state index contributed by atoms with van der Waals surface area (Å²) in [5.74, 6) is 2.33. The predicted molar refractivity (Wildman–Crippen MR) is 78.5 cm³/mol. The van der Waals surface area contributed by atoms with E-state index in [2.05, 4.69) is 9.55 Å². The molecule has 3 aromatic rings. The molecular weight excluding hydrogens is 276 g/mol. The van der Waals surface area contributed by atoms with Gasteiger partial charge in [0.25, 0.3) is 0 Å². The van der Waals surface area contributed by atoms with E-state index in [4.69, 9.17) is 20.8 Å². The van der Waals surface area contributed by atoms with E-state index in [0.29, 0.717) is 5.88 Å². The predicted octanol–water partition coefficient (Wildman–Crippen LogP) is 3.47. The lowest BCUT2D eigenvalue weighted by Crippen LogP contribution is -2.05. The molecule has 0 amide bonds. The number of ether oxygens (including phenoxy) is 1. The number of benzene rings is 1. The van der Waals surface area contributed by atoms with Crippen LogP contribution in [-0.2, 0) is 13.0 Å². The number of methoxy groups -OCH3 is 1. The van der Waals surface area contributed by atoms with Gasteiger partial charge in [-0.25, -0.2) is 4.98 Å². The molecule has 4 nitrogen and oxygen atoms in total. The van der Waals surface area contributed by atoms with Crippen LogP contribution in [0.5, 0.6) is 5.75 Å². The molecule has 5 heteroatoms. The molecule has 0 saturated heterocycles. The van der Waals surface area contributed by atoms with Gasteiger partial charge in [-0.05, 0) is 18.2 Å². The van der Waals surface area contributed by atoms with Gasteiger partial charge in [0.1, 0.15) is 11.6 Å². The molecule has 1 aromatic carbocycles. The van der Waals surface area contributed by atoms with E-state index in [1.54, 1.807) is 19.6 Å². The minimum atomic E-state index is 0.547. The Morgan fingerprint density at radius 3 is 2.95 bits per heavy atom. The van der Waals surface area contributed by atoms with Crippen molar-refractivity contribution in [3.63, 3.8) is 0 Å². The van der Waals surface area contributed by atoms with Crippen LogP contribution in [0, 0.1) is 0 Å². The van der Waals surface area contributed by atoms with Crippen molar-refractivity contribution in [3.05, 3.63) is 48.2 Å². The van der Waals surface area contributed by atoms with Gasteiger partial charge in [-0.3, -0.25) is 0 Å². The Balaban J connectivity index is 2.08. The average molecular weight is 291 g/mol. The Morgan fingerprint density at radius 2 is 2.25 bits per heavy atom. The van der Waals surface area contributed by atoms with Crippen LogP contribution in [-0.4, -0.2) is 22.5 Å². The molecule has 0 aliphatic carbocycles. The molecule has 0 radical (unpaired) electrons. The number of furan rings is 1. The zero-order chi connectivity index (χ0) is 13.9. The first-order chi connectivity index (χ1) is 9.81. The smallest absolute Gasteiger partial charge is 0.121 e. The molecule has 0 spiro atoms. The number of fused-ring (bicyclic) bond motifs is 1. The van der Waals surface area contributed by atoms with Gasteiger partial charge in [0, 0.05) is 23.9 Å². The molecule has 0 aliphatic rings. The fourth-order valence-electron chi connectivity index (χ4n) is 2.30. The highest BCUT2D eigenvalue weighted by Gasteiger charge is 2.12. The van der Waals surface area contributed by atoms with Crippen LogP contribution in [0.25, 0.3) is 11.0 Å². The Labute approximate surface area is 121 Å². The van der Waals surface area contributed by atoms with Crippen molar-refractivity contribution < 1.29 is 9.15 Å². The van der Waals surface area contributed by atoms with Gasteiger partial charge >= 0.3 is 0 Å². The van der Waals surface area contributed by atoms with E-state index in [1.165, 1.54) is 0 Å². The van der Waals surface area contributed by atoms with Gasteiger partial charge in [0.15, 0.2) is 0 Å². The Kier molecular flexibility index (Phi) is 3.65. The molecule has 2 heterocycles. The van der Waals surface area contributed by atoms with Crippen molar-refractivity contribution in [2.75, 3.05) is 13.0 Å². The van der Waals surface area contributed by atoms with Crippen LogP contribution in [0.4, 0.5) is 0 Å². The molecule has 20 heavy (non-hydrogen) atoms. The van der Waals surface area contributed by atoms with E-state index < -0.39 is 0 Å². The maximum absolute atomic E-state index is 5.88. The standard InChI is InChI=1S/C15H15ClN2O2/c1-19-12-2-3-14-13(8-12)17-15(4-6-16)18(14)9-11-5-7-20-10-11/h2-3,5,7-8,10H,4,6,9H2,1H3.